The van der Waals surface area contributed by atoms with E-state index in [9.17, 15) is 27.6 Å². The molecule has 30 heavy (non-hydrogen) atoms. The average Bonchev–Trinajstić information content (AvgIpc) is 3.14. The number of likely N-dealkylation sites (N-methyl/N-ethyl adjacent to an activating group) is 1. The van der Waals surface area contributed by atoms with E-state index < -0.39 is 40.6 Å². The first-order valence-electron chi connectivity index (χ1n) is 9.45. The van der Waals surface area contributed by atoms with Crippen LogP contribution in [0.5, 0.6) is 0 Å². The Bertz CT molecular complexity index is 798. The lowest BCUT2D eigenvalue weighted by Crippen LogP contribution is -2.51. The minimum absolute atomic E-state index is 0.0533. The molecule has 0 saturated heterocycles. The minimum atomic E-state index is -4.65. The molecule has 1 aromatic rings. The highest BCUT2D eigenvalue weighted by Crippen LogP contribution is 2.36. The molecule has 3 N–H and O–H groups in total. The van der Waals surface area contributed by atoms with Crippen LogP contribution in [0, 0.1) is 0 Å². The molecule has 1 atom stereocenters. The molecule has 11 heteroatoms. The van der Waals surface area contributed by atoms with E-state index in [4.69, 9.17) is 11.6 Å². The van der Waals surface area contributed by atoms with Crippen molar-refractivity contribution in [1.82, 2.24) is 15.5 Å². The summed E-state index contributed by atoms with van der Waals surface area (Å²) in [4.78, 5) is 37.7. The van der Waals surface area contributed by atoms with Gasteiger partial charge < -0.3 is 10.6 Å². The van der Waals surface area contributed by atoms with Gasteiger partial charge in [0.05, 0.1) is 23.2 Å². The molecular weight excluding hydrogens is 425 g/mol. The van der Waals surface area contributed by atoms with Crippen LogP contribution in [0.4, 0.5) is 23.7 Å². The third-order valence-electron chi connectivity index (χ3n) is 4.92. The van der Waals surface area contributed by atoms with Crippen LogP contribution in [0.3, 0.4) is 0 Å². The number of halogens is 4. The molecule has 0 aromatic heterocycles. The summed E-state index contributed by atoms with van der Waals surface area (Å²) in [6.07, 6.45) is -0.841. The van der Waals surface area contributed by atoms with Gasteiger partial charge in [-0.2, -0.15) is 13.2 Å². The molecule has 1 saturated carbocycles. The SMILES string of the molecule is C[C@H](C(=O)NC(=O)NC1CCCC1)N(C)CC(=O)Nc1ccc(Cl)c(C(F)(F)F)c1. The maximum atomic E-state index is 12.9. The van der Waals surface area contributed by atoms with Gasteiger partial charge in [-0.3, -0.25) is 19.8 Å². The molecule has 1 aromatic carbocycles. The lowest BCUT2D eigenvalue weighted by molar-refractivity contribution is -0.137. The van der Waals surface area contributed by atoms with Crippen molar-refractivity contribution in [3.63, 3.8) is 0 Å². The van der Waals surface area contributed by atoms with Gasteiger partial charge in [0.25, 0.3) is 0 Å². The predicted molar refractivity (Wildman–Crippen MR) is 106 cm³/mol. The molecule has 0 unspecified atom stereocenters. The van der Waals surface area contributed by atoms with Crippen LogP contribution in [-0.4, -0.2) is 48.4 Å². The fourth-order valence-corrected chi connectivity index (χ4v) is 3.32. The zero-order chi connectivity index (χ0) is 22.5. The molecule has 0 heterocycles. The van der Waals surface area contributed by atoms with Crippen molar-refractivity contribution in [3.8, 4) is 0 Å². The number of alkyl halides is 3. The van der Waals surface area contributed by atoms with Gasteiger partial charge in [0.15, 0.2) is 0 Å². The van der Waals surface area contributed by atoms with E-state index >= 15 is 0 Å². The number of hydrogen-bond acceptors (Lipinski definition) is 4. The Morgan fingerprint density at radius 1 is 1.23 bits per heavy atom. The highest BCUT2D eigenvalue weighted by atomic mass is 35.5. The smallest absolute Gasteiger partial charge is 0.335 e. The number of nitrogens with one attached hydrogen (secondary N) is 3. The van der Waals surface area contributed by atoms with E-state index in [1.165, 1.54) is 24.9 Å². The molecule has 166 valence electrons. The Morgan fingerprint density at radius 2 is 1.87 bits per heavy atom. The summed E-state index contributed by atoms with van der Waals surface area (Å²) in [6.45, 7) is 1.23. The van der Waals surface area contributed by atoms with E-state index in [-0.39, 0.29) is 18.3 Å². The summed E-state index contributed by atoms with van der Waals surface area (Å²) in [7, 11) is 1.49. The summed E-state index contributed by atoms with van der Waals surface area (Å²) >= 11 is 5.56. The third-order valence-corrected chi connectivity index (χ3v) is 5.25. The van der Waals surface area contributed by atoms with E-state index in [0.29, 0.717) is 0 Å². The van der Waals surface area contributed by atoms with Crippen LogP contribution in [0.25, 0.3) is 0 Å². The molecule has 1 aliphatic carbocycles. The number of urea groups is 1. The molecule has 0 radical (unpaired) electrons. The molecule has 0 spiro atoms. The fraction of sp³-hybridized carbons (Fsp3) is 0.526. The van der Waals surface area contributed by atoms with E-state index in [1.807, 2.05) is 0 Å². The fourth-order valence-electron chi connectivity index (χ4n) is 3.09. The second kappa shape index (κ2) is 10.1. The van der Waals surface area contributed by atoms with Crippen LogP contribution >= 0.6 is 11.6 Å². The number of carbonyl (C=O) groups is 3. The van der Waals surface area contributed by atoms with Crippen LogP contribution in [-0.2, 0) is 15.8 Å². The summed E-state index contributed by atoms with van der Waals surface area (Å²) in [6, 6.07) is 1.68. The third kappa shape index (κ3) is 6.88. The summed E-state index contributed by atoms with van der Waals surface area (Å²) in [5, 5.41) is 6.84. The van der Waals surface area contributed by atoms with Crippen molar-refractivity contribution in [2.75, 3.05) is 18.9 Å². The monoisotopic (exact) mass is 448 g/mol. The number of hydrogen-bond donors (Lipinski definition) is 3. The molecule has 1 aliphatic rings. The van der Waals surface area contributed by atoms with E-state index in [0.717, 1.165) is 37.8 Å². The van der Waals surface area contributed by atoms with Gasteiger partial charge in [0.1, 0.15) is 0 Å². The Balaban J connectivity index is 1.87. The van der Waals surface area contributed by atoms with Crippen molar-refractivity contribution in [3.05, 3.63) is 28.8 Å². The molecule has 4 amide bonds. The first kappa shape index (κ1) is 23.9. The Kier molecular flexibility index (Phi) is 8.08. The second-order valence-electron chi connectivity index (χ2n) is 7.28. The zero-order valence-corrected chi connectivity index (χ0v) is 17.4. The summed E-state index contributed by atoms with van der Waals surface area (Å²) < 4.78 is 38.8. The van der Waals surface area contributed by atoms with Gasteiger partial charge in [-0.15, -0.1) is 0 Å². The normalized spacial score (nSPS) is 15.7. The van der Waals surface area contributed by atoms with Crippen LogP contribution in [0.1, 0.15) is 38.2 Å². The number of anilines is 1. The van der Waals surface area contributed by atoms with Gasteiger partial charge in [0.2, 0.25) is 11.8 Å². The molecule has 2 rings (SSSR count). The molecule has 0 aliphatic heterocycles. The molecule has 1 fully saturated rings. The first-order chi connectivity index (χ1) is 14.0. The van der Waals surface area contributed by atoms with Crippen molar-refractivity contribution in [2.24, 2.45) is 0 Å². The molecule has 0 bridgehead atoms. The van der Waals surface area contributed by atoms with E-state index in [2.05, 4.69) is 16.0 Å². The number of imide groups is 1. The van der Waals surface area contributed by atoms with Crippen molar-refractivity contribution in [1.29, 1.82) is 0 Å². The van der Waals surface area contributed by atoms with Crippen molar-refractivity contribution >= 4 is 35.1 Å². The van der Waals surface area contributed by atoms with Gasteiger partial charge in [0, 0.05) is 11.7 Å². The van der Waals surface area contributed by atoms with Gasteiger partial charge >= 0.3 is 12.2 Å². The van der Waals surface area contributed by atoms with Crippen LogP contribution < -0.4 is 16.0 Å². The van der Waals surface area contributed by atoms with E-state index in [1.54, 1.807) is 0 Å². The lowest BCUT2D eigenvalue weighted by atomic mass is 10.2. The number of carbonyl (C=O) groups excluding carboxylic acids is 3. The highest BCUT2D eigenvalue weighted by Gasteiger charge is 2.33. The summed E-state index contributed by atoms with van der Waals surface area (Å²) in [5.74, 6) is -1.21. The number of amides is 4. The first-order valence-corrected chi connectivity index (χ1v) is 9.83. The maximum Gasteiger partial charge on any atom is 0.417 e. The van der Waals surface area contributed by atoms with Crippen LogP contribution in [0.15, 0.2) is 18.2 Å². The van der Waals surface area contributed by atoms with Crippen LogP contribution in [0.2, 0.25) is 5.02 Å². The lowest BCUT2D eigenvalue weighted by Gasteiger charge is -2.23. The minimum Gasteiger partial charge on any atom is -0.335 e. The largest absolute Gasteiger partial charge is 0.417 e. The van der Waals surface area contributed by atoms with Gasteiger partial charge in [-0.05, 0) is 45.0 Å². The Morgan fingerprint density at radius 3 is 2.47 bits per heavy atom. The Labute approximate surface area is 177 Å². The standard InChI is InChI=1S/C19H24ClF3N4O3/c1-11(17(29)26-18(30)25-12-5-3-4-6-12)27(2)10-16(28)24-13-7-8-15(20)14(9-13)19(21,22)23/h7-9,11-12H,3-6,10H2,1-2H3,(H,24,28)(H2,25,26,29,30)/t11-/m1/s1. The summed E-state index contributed by atoms with van der Waals surface area (Å²) in [5.41, 5.74) is -1.13. The average molecular weight is 449 g/mol. The topological polar surface area (TPSA) is 90.5 Å². The highest BCUT2D eigenvalue weighted by molar-refractivity contribution is 6.31. The zero-order valence-electron chi connectivity index (χ0n) is 16.6. The Hall–Kier alpha value is -2.33. The molecular formula is C19H24ClF3N4O3. The van der Waals surface area contributed by atoms with Crippen molar-refractivity contribution < 1.29 is 27.6 Å². The van der Waals surface area contributed by atoms with Gasteiger partial charge in [-0.1, -0.05) is 24.4 Å². The molecule has 7 nitrogen and oxygen atoms in total. The number of benzene rings is 1. The predicted octanol–water partition coefficient (Wildman–Crippen LogP) is 3.39. The number of rotatable bonds is 6. The van der Waals surface area contributed by atoms with Gasteiger partial charge in [-0.25, -0.2) is 4.79 Å². The second-order valence-corrected chi connectivity index (χ2v) is 7.68. The van der Waals surface area contributed by atoms with Crippen molar-refractivity contribution in [2.45, 2.75) is 50.9 Å². The number of nitrogens with zero attached hydrogens (tertiary/aromatic N) is 1. The quantitative estimate of drug-likeness (QED) is 0.622. The maximum absolute atomic E-state index is 12.9.